The first-order valence-corrected chi connectivity index (χ1v) is 5.40. The van der Waals surface area contributed by atoms with E-state index in [-0.39, 0.29) is 5.56 Å². The van der Waals surface area contributed by atoms with Gasteiger partial charge in [-0.3, -0.25) is 4.79 Å². The van der Waals surface area contributed by atoms with Crippen LogP contribution in [0.3, 0.4) is 0 Å². The van der Waals surface area contributed by atoms with Gasteiger partial charge in [-0.25, -0.2) is 4.98 Å². The summed E-state index contributed by atoms with van der Waals surface area (Å²) in [4.78, 5) is 18.5. The Kier molecular flexibility index (Phi) is 1.79. The van der Waals surface area contributed by atoms with Crippen LogP contribution in [0.1, 0.15) is 11.3 Å². The van der Waals surface area contributed by atoms with E-state index in [1.807, 2.05) is 18.2 Å². The van der Waals surface area contributed by atoms with Crippen LogP contribution in [-0.4, -0.2) is 9.97 Å². The monoisotopic (exact) mass is 262 g/mol. The molecule has 1 aromatic carbocycles. The normalized spacial score (nSPS) is 12.3. The number of rotatable bonds is 0. The Morgan fingerprint density at radius 1 is 1.40 bits per heavy atom. The predicted molar refractivity (Wildman–Crippen MR) is 60.8 cm³/mol. The third-order valence-corrected chi connectivity index (χ3v) is 3.12. The lowest BCUT2D eigenvalue weighted by Crippen LogP contribution is -2.09. The van der Waals surface area contributed by atoms with Crippen LogP contribution in [0, 0.1) is 0 Å². The summed E-state index contributed by atoms with van der Waals surface area (Å²) in [6, 6.07) is 5.94. The summed E-state index contributed by atoms with van der Waals surface area (Å²) in [7, 11) is 0. The van der Waals surface area contributed by atoms with Crippen LogP contribution in [-0.2, 0) is 6.42 Å². The van der Waals surface area contributed by atoms with E-state index in [9.17, 15) is 4.79 Å². The van der Waals surface area contributed by atoms with E-state index in [0.29, 0.717) is 0 Å². The molecular formula is C11H7BrN2O. The van der Waals surface area contributed by atoms with Crippen molar-refractivity contribution in [2.75, 3.05) is 0 Å². The van der Waals surface area contributed by atoms with Gasteiger partial charge in [-0.2, -0.15) is 0 Å². The van der Waals surface area contributed by atoms with Crippen LogP contribution >= 0.6 is 15.9 Å². The molecule has 1 aliphatic carbocycles. The molecular weight excluding hydrogens is 256 g/mol. The van der Waals surface area contributed by atoms with Gasteiger partial charge in [0.05, 0.1) is 17.6 Å². The average molecular weight is 263 g/mol. The van der Waals surface area contributed by atoms with Crippen molar-refractivity contribution in [1.29, 1.82) is 0 Å². The van der Waals surface area contributed by atoms with Crippen LogP contribution < -0.4 is 5.56 Å². The fraction of sp³-hybridized carbons (Fsp3) is 0.0909. The summed E-state index contributed by atoms with van der Waals surface area (Å²) in [5.74, 6) is 0. The number of aromatic nitrogens is 2. The summed E-state index contributed by atoms with van der Waals surface area (Å²) in [5, 5.41) is 0. The van der Waals surface area contributed by atoms with E-state index in [4.69, 9.17) is 0 Å². The molecule has 0 aliphatic heterocycles. The number of aromatic amines is 1. The molecule has 0 atom stereocenters. The van der Waals surface area contributed by atoms with Crippen LogP contribution in [0.15, 0.2) is 33.8 Å². The first kappa shape index (κ1) is 8.85. The van der Waals surface area contributed by atoms with Gasteiger partial charge in [0.25, 0.3) is 5.56 Å². The van der Waals surface area contributed by atoms with Crippen LogP contribution in [0.2, 0.25) is 0 Å². The fourth-order valence-corrected chi connectivity index (χ4v) is 2.39. The number of benzene rings is 1. The zero-order valence-corrected chi connectivity index (χ0v) is 9.34. The SMILES string of the molecule is O=c1[nH]cnc2c1-c1ccc(Br)cc1C2. The Bertz CT molecular complexity index is 604. The second-order valence-corrected chi connectivity index (χ2v) is 4.45. The van der Waals surface area contributed by atoms with Gasteiger partial charge in [0.15, 0.2) is 0 Å². The third-order valence-electron chi connectivity index (χ3n) is 2.63. The second kappa shape index (κ2) is 3.03. The first-order chi connectivity index (χ1) is 7.25. The van der Waals surface area contributed by atoms with Crippen molar-refractivity contribution in [2.45, 2.75) is 6.42 Å². The Balaban J connectivity index is 2.36. The number of hydrogen-bond acceptors (Lipinski definition) is 2. The van der Waals surface area contributed by atoms with Gasteiger partial charge < -0.3 is 4.98 Å². The van der Waals surface area contributed by atoms with E-state index in [2.05, 4.69) is 25.9 Å². The summed E-state index contributed by atoms with van der Waals surface area (Å²) < 4.78 is 1.03. The number of halogens is 1. The number of fused-ring (bicyclic) bond motifs is 3. The molecule has 0 bridgehead atoms. The van der Waals surface area contributed by atoms with Crippen LogP contribution in [0.5, 0.6) is 0 Å². The summed E-state index contributed by atoms with van der Waals surface area (Å²) >= 11 is 3.42. The molecule has 0 spiro atoms. The summed E-state index contributed by atoms with van der Waals surface area (Å²) in [6.07, 6.45) is 2.20. The number of nitrogens with one attached hydrogen (secondary N) is 1. The highest BCUT2D eigenvalue weighted by atomic mass is 79.9. The number of hydrogen-bond donors (Lipinski definition) is 1. The molecule has 0 radical (unpaired) electrons. The number of nitrogens with zero attached hydrogens (tertiary/aromatic N) is 1. The molecule has 0 saturated carbocycles. The molecule has 15 heavy (non-hydrogen) atoms. The van der Waals surface area contributed by atoms with Crippen molar-refractivity contribution >= 4 is 15.9 Å². The van der Waals surface area contributed by atoms with Crippen LogP contribution in [0.25, 0.3) is 11.1 Å². The van der Waals surface area contributed by atoms with Gasteiger partial charge in [0, 0.05) is 10.9 Å². The van der Waals surface area contributed by atoms with Gasteiger partial charge in [-0.1, -0.05) is 22.0 Å². The lowest BCUT2D eigenvalue weighted by molar-refractivity contribution is 1.04. The minimum atomic E-state index is -0.0546. The van der Waals surface area contributed by atoms with E-state index < -0.39 is 0 Å². The van der Waals surface area contributed by atoms with Gasteiger partial charge in [-0.05, 0) is 23.3 Å². The Morgan fingerprint density at radius 3 is 3.13 bits per heavy atom. The third kappa shape index (κ3) is 1.25. The Hall–Kier alpha value is -1.42. The maximum absolute atomic E-state index is 11.7. The second-order valence-electron chi connectivity index (χ2n) is 3.53. The van der Waals surface area contributed by atoms with Crippen LogP contribution in [0.4, 0.5) is 0 Å². The average Bonchev–Trinajstić information content (AvgIpc) is 2.56. The first-order valence-electron chi connectivity index (χ1n) is 4.61. The maximum atomic E-state index is 11.7. The van der Waals surface area contributed by atoms with E-state index in [1.54, 1.807) is 0 Å². The molecule has 4 heteroatoms. The van der Waals surface area contributed by atoms with Gasteiger partial charge >= 0.3 is 0 Å². The van der Waals surface area contributed by atoms with Crippen molar-refractivity contribution in [3.05, 3.63) is 50.6 Å². The zero-order valence-electron chi connectivity index (χ0n) is 7.75. The van der Waals surface area contributed by atoms with E-state index >= 15 is 0 Å². The summed E-state index contributed by atoms with van der Waals surface area (Å²) in [6.45, 7) is 0. The molecule has 0 amide bonds. The molecule has 3 nitrogen and oxygen atoms in total. The molecule has 1 N–H and O–H groups in total. The van der Waals surface area contributed by atoms with Crippen molar-refractivity contribution in [1.82, 2.24) is 9.97 Å². The highest BCUT2D eigenvalue weighted by molar-refractivity contribution is 9.10. The van der Waals surface area contributed by atoms with E-state index in [0.717, 1.165) is 33.3 Å². The quantitative estimate of drug-likeness (QED) is 0.675. The molecule has 1 aliphatic rings. The predicted octanol–water partition coefficient (Wildman–Crippen LogP) is 2.10. The molecule has 1 heterocycles. The largest absolute Gasteiger partial charge is 0.313 e. The zero-order chi connectivity index (χ0) is 10.4. The maximum Gasteiger partial charge on any atom is 0.258 e. The highest BCUT2D eigenvalue weighted by Gasteiger charge is 2.22. The Labute approximate surface area is 94.3 Å². The molecule has 2 aromatic rings. The van der Waals surface area contributed by atoms with Crippen molar-refractivity contribution in [3.8, 4) is 11.1 Å². The topological polar surface area (TPSA) is 45.8 Å². The minimum absolute atomic E-state index is 0.0546. The molecule has 0 unspecified atom stereocenters. The number of H-pyrrole nitrogens is 1. The minimum Gasteiger partial charge on any atom is -0.313 e. The van der Waals surface area contributed by atoms with Gasteiger partial charge in [0.1, 0.15) is 0 Å². The molecule has 0 fully saturated rings. The van der Waals surface area contributed by atoms with Gasteiger partial charge in [-0.15, -0.1) is 0 Å². The Morgan fingerprint density at radius 2 is 2.27 bits per heavy atom. The molecule has 74 valence electrons. The standard InChI is InChI=1S/C11H7BrN2O/c12-7-1-2-8-6(3-7)4-9-10(8)11(15)14-5-13-9/h1-3,5H,4H2,(H,13,14,15). The molecule has 0 saturated heterocycles. The lowest BCUT2D eigenvalue weighted by atomic mass is 10.1. The van der Waals surface area contributed by atoms with Crippen molar-refractivity contribution in [2.24, 2.45) is 0 Å². The van der Waals surface area contributed by atoms with Crippen molar-refractivity contribution < 1.29 is 0 Å². The summed E-state index contributed by atoms with van der Waals surface area (Å²) in [5.41, 5.74) is 3.69. The highest BCUT2D eigenvalue weighted by Crippen LogP contribution is 2.33. The molecule has 1 aromatic heterocycles. The van der Waals surface area contributed by atoms with Gasteiger partial charge in [0.2, 0.25) is 0 Å². The fourth-order valence-electron chi connectivity index (χ4n) is 1.98. The lowest BCUT2D eigenvalue weighted by Gasteiger charge is -1.98. The smallest absolute Gasteiger partial charge is 0.258 e. The van der Waals surface area contributed by atoms with E-state index in [1.165, 1.54) is 6.33 Å². The molecule has 3 rings (SSSR count). The van der Waals surface area contributed by atoms with Crippen molar-refractivity contribution in [3.63, 3.8) is 0 Å².